The number of nitrogens with one attached hydrogen (secondary N) is 1. The van der Waals surface area contributed by atoms with Crippen LogP contribution in [-0.4, -0.2) is 13.7 Å². The van der Waals surface area contributed by atoms with Gasteiger partial charge in [0.25, 0.3) is 0 Å². The molecule has 0 saturated heterocycles. The van der Waals surface area contributed by atoms with Crippen LogP contribution < -0.4 is 5.32 Å². The summed E-state index contributed by atoms with van der Waals surface area (Å²) in [6.07, 6.45) is 0.940. The monoisotopic (exact) mass is 257 g/mol. The lowest BCUT2D eigenvalue weighted by Crippen LogP contribution is -2.05. The predicted molar refractivity (Wildman–Crippen MR) is 75.9 cm³/mol. The van der Waals surface area contributed by atoms with Gasteiger partial charge < -0.3 is 10.1 Å². The minimum atomic E-state index is 0.754. The molecule has 0 fully saturated rings. The standard InChI is InChI=1S/C15H15NOS/c1-17-10-9-11-5-4-8-14-15(11)16-12-6-2-3-7-13(12)18-14/h2-8,16H,9-10H2,1H3. The maximum absolute atomic E-state index is 5.17. The summed E-state index contributed by atoms with van der Waals surface area (Å²) < 4.78 is 5.17. The molecule has 0 spiro atoms. The lowest BCUT2D eigenvalue weighted by Gasteiger charge is -2.23. The normalized spacial score (nSPS) is 12.5. The first-order chi connectivity index (χ1) is 8.88. The van der Waals surface area contributed by atoms with Gasteiger partial charge in [0.15, 0.2) is 0 Å². The van der Waals surface area contributed by atoms with Crippen molar-refractivity contribution >= 4 is 23.1 Å². The molecule has 1 N–H and O–H groups in total. The Balaban J connectivity index is 1.97. The van der Waals surface area contributed by atoms with Gasteiger partial charge in [0, 0.05) is 16.9 Å². The van der Waals surface area contributed by atoms with Gasteiger partial charge in [0.05, 0.1) is 18.0 Å². The van der Waals surface area contributed by atoms with Gasteiger partial charge in [-0.05, 0) is 30.2 Å². The minimum absolute atomic E-state index is 0.754. The van der Waals surface area contributed by atoms with Crippen LogP contribution in [0.2, 0.25) is 0 Å². The van der Waals surface area contributed by atoms with Crippen molar-refractivity contribution in [1.29, 1.82) is 0 Å². The number of benzene rings is 2. The maximum atomic E-state index is 5.17. The van der Waals surface area contributed by atoms with Crippen molar-refractivity contribution in [2.75, 3.05) is 19.0 Å². The van der Waals surface area contributed by atoms with Gasteiger partial charge in [-0.15, -0.1) is 0 Å². The van der Waals surface area contributed by atoms with E-state index in [0.29, 0.717) is 0 Å². The quantitative estimate of drug-likeness (QED) is 0.763. The van der Waals surface area contributed by atoms with E-state index < -0.39 is 0 Å². The van der Waals surface area contributed by atoms with Crippen LogP contribution in [0.4, 0.5) is 11.4 Å². The molecular weight excluding hydrogens is 242 g/mol. The fourth-order valence-electron chi connectivity index (χ4n) is 2.14. The molecule has 0 aromatic heterocycles. The molecule has 0 radical (unpaired) electrons. The summed E-state index contributed by atoms with van der Waals surface area (Å²) >= 11 is 1.83. The van der Waals surface area contributed by atoms with E-state index >= 15 is 0 Å². The number of anilines is 2. The third-order valence-electron chi connectivity index (χ3n) is 3.05. The maximum Gasteiger partial charge on any atom is 0.0559 e. The highest BCUT2D eigenvalue weighted by atomic mass is 32.2. The van der Waals surface area contributed by atoms with Crippen LogP contribution in [0, 0.1) is 0 Å². The highest BCUT2D eigenvalue weighted by Crippen LogP contribution is 2.45. The second kappa shape index (κ2) is 5.04. The summed E-state index contributed by atoms with van der Waals surface area (Å²) in [5.74, 6) is 0. The van der Waals surface area contributed by atoms with Gasteiger partial charge in [-0.25, -0.2) is 0 Å². The molecule has 0 saturated carbocycles. The van der Waals surface area contributed by atoms with E-state index in [4.69, 9.17) is 4.74 Å². The molecule has 0 aliphatic carbocycles. The predicted octanol–water partition coefficient (Wildman–Crippen LogP) is 4.08. The Labute approximate surface area is 111 Å². The fraction of sp³-hybridized carbons (Fsp3) is 0.200. The Morgan fingerprint density at radius 1 is 1.06 bits per heavy atom. The Kier molecular flexibility index (Phi) is 3.26. The zero-order valence-electron chi connectivity index (χ0n) is 10.3. The smallest absolute Gasteiger partial charge is 0.0559 e. The fourth-order valence-corrected chi connectivity index (χ4v) is 3.18. The van der Waals surface area contributed by atoms with Crippen molar-refractivity contribution in [2.24, 2.45) is 0 Å². The molecule has 1 aliphatic rings. The number of hydrogen-bond donors (Lipinski definition) is 1. The van der Waals surface area contributed by atoms with E-state index in [1.165, 1.54) is 26.7 Å². The number of ether oxygens (including phenoxy) is 1. The number of para-hydroxylation sites is 2. The van der Waals surface area contributed by atoms with Gasteiger partial charge in [-0.1, -0.05) is 36.0 Å². The molecule has 2 nitrogen and oxygen atoms in total. The third kappa shape index (κ3) is 2.11. The Bertz CT molecular complexity index is 568. The average Bonchev–Trinajstić information content (AvgIpc) is 2.43. The molecule has 2 aromatic carbocycles. The van der Waals surface area contributed by atoms with Crippen molar-refractivity contribution in [3.05, 3.63) is 48.0 Å². The van der Waals surface area contributed by atoms with Crippen LogP contribution in [0.3, 0.4) is 0 Å². The lowest BCUT2D eigenvalue weighted by molar-refractivity contribution is 0.202. The van der Waals surface area contributed by atoms with Crippen molar-refractivity contribution < 1.29 is 4.74 Å². The second-order valence-electron chi connectivity index (χ2n) is 4.26. The van der Waals surface area contributed by atoms with Crippen LogP contribution in [0.25, 0.3) is 0 Å². The number of hydrogen-bond acceptors (Lipinski definition) is 3. The second-order valence-corrected chi connectivity index (χ2v) is 5.34. The summed E-state index contributed by atoms with van der Waals surface area (Å²) in [6, 6.07) is 14.9. The van der Waals surface area contributed by atoms with Gasteiger partial charge in [-0.2, -0.15) is 0 Å². The average molecular weight is 257 g/mol. The molecule has 0 amide bonds. The highest BCUT2D eigenvalue weighted by molar-refractivity contribution is 7.99. The van der Waals surface area contributed by atoms with Crippen LogP contribution in [0.15, 0.2) is 52.3 Å². The molecule has 92 valence electrons. The van der Waals surface area contributed by atoms with Crippen molar-refractivity contribution in [1.82, 2.24) is 0 Å². The van der Waals surface area contributed by atoms with E-state index in [1.54, 1.807) is 7.11 Å². The SMILES string of the molecule is COCCc1cccc2c1Nc1ccccc1S2. The van der Waals surface area contributed by atoms with E-state index in [9.17, 15) is 0 Å². The van der Waals surface area contributed by atoms with Gasteiger partial charge in [-0.3, -0.25) is 0 Å². The molecule has 0 bridgehead atoms. The Morgan fingerprint density at radius 2 is 1.89 bits per heavy atom. The first-order valence-electron chi connectivity index (χ1n) is 6.03. The molecule has 2 aromatic rings. The zero-order valence-corrected chi connectivity index (χ0v) is 11.1. The van der Waals surface area contributed by atoms with Crippen LogP contribution in [-0.2, 0) is 11.2 Å². The van der Waals surface area contributed by atoms with Crippen molar-refractivity contribution in [3.63, 3.8) is 0 Å². The molecule has 3 heteroatoms. The molecule has 1 heterocycles. The molecular formula is C15H15NOS. The van der Waals surface area contributed by atoms with Crippen LogP contribution in [0.5, 0.6) is 0 Å². The summed E-state index contributed by atoms with van der Waals surface area (Å²) in [4.78, 5) is 2.58. The summed E-state index contributed by atoms with van der Waals surface area (Å²) in [5, 5.41) is 3.54. The summed E-state index contributed by atoms with van der Waals surface area (Å²) in [7, 11) is 1.74. The van der Waals surface area contributed by atoms with Crippen LogP contribution in [0.1, 0.15) is 5.56 Å². The third-order valence-corrected chi connectivity index (χ3v) is 4.19. The van der Waals surface area contributed by atoms with Crippen molar-refractivity contribution in [2.45, 2.75) is 16.2 Å². The molecule has 1 aliphatic heterocycles. The first-order valence-corrected chi connectivity index (χ1v) is 6.85. The van der Waals surface area contributed by atoms with Gasteiger partial charge in [0.2, 0.25) is 0 Å². The summed E-state index contributed by atoms with van der Waals surface area (Å²) in [5.41, 5.74) is 3.74. The van der Waals surface area contributed by atoms with Gasteiger partial charge in [0.1, 0.15) is 0 Å². The van der Waals surface area contributed by atoms with E-state index in [2.05, 4.69) is 47.8 Å². The van der Waals surface area contributed by atoms with E-state index in [1.807, 2.05) is 11.8 Å². The number of methoxy groups -OCH3 is 1. The van der Waals surface area contributed by atoms with E-state index in [0.717, 1.165) is 13.0 Å². The van der Waals surface area contributed by atoms with Crippen LogP contribution >= 0.6 is 11.8 Å². The molecule has 18 heavy (non-hydrogen) atoms. The zero-order chi connectivity index (χ0) is 12.4. The largest absolute Gasteiger partial charge is 0.384 e. The lowest BCUT2D eigenvalue weighted by atomic mass is 10.1. The van der Waals surface area contributed by atoms with E-state index in [-0.39, 0.29) is 0 Å². The topological polar surface area (TPSA) is 21.3 Å². The highest BCUT2D eigenvalue weighted by Gasteiger charge is 2.17. The Hall–Kier alpha value is -1.45. The molecule has 0 unspecified atom stereocenters. The number of rotatable bonds is 3. The Morgan fingerprint density at radius 3 is 2.78 bits per heavy atom. The number of fused-ring (bicyclic) bond motifs is 2. The summed E-state index contributed by atoms with van der Waals surface area (Å²) in [6.45, 7) is 0.754. The molecule has 3 rings (SSSR count). The first kappa shape index (κ1) is 11.6. The van der Waals surface area contributed by atoms with Crippen molar-refractivity contribution in [3.8, 4) is 0 Å². The molecule has 0 atom stereocenters. The minimum Gasteiger partial charge on any atom is -0.384 e. The van der Waals surface area contributed by atoms with Gasteiger partial charge >= 0.3 is 0 Å².